The Morgan fingerprint density at radius 1 is 1.14 bits per heavy atom. The van der Waals surface area contributed by atoms with E-state index in [2.05, 4.69) is 22.3 Å². The van der Waals surface area contributed by atoms with E-state index in [9.17, 15) is 13.2 Å². The predicted octanol–water partition coefficient (Wildman–Crippen LogP) is 2.39. The Morgan fingerprint density at radius 2 is 1.79 bits per heavy atom. The molecular formula is C21H27N3O3S. The van der Waals surface area contributed by atoms with Gasteiger partial charge in [0.25, 0.3) is 5.91 Å². The monoisotopic (exact) mass is 401 g/mol. The minimum atomic E-state index is -3.33. The van der Waals surface area contributed by atoms with E-state index in [1.165, 1.54) is 16.1 Å². The lowest BCUT2D eigenvalue weighted by molar-refractivity contribution is 0.0951. The Morgan fingerprint density at radius 3 is 2.39 bits per heavy atom. The number of carbonyl (C=O) groups excluding carboxylic acids is 1. The molecule has 150 valence electrons. The summed E-state index contributed by atoms with van der Waals surface area (Å²) in [6, 6.07) is 13.3. The molecule has 0 fully saturated rings. The predicted molar refractivity (Wildman–Crippen MR) is 112 cm³/mol. The first-order chi connectivity index (χ1) is 13.1. The van der Waals surface area contributed by atoms with Crippen LogP contribution in [0.1, 0.15) is 34.0 Å². The van der Waals surface area contributed by atoms with Crippen molar-refractivity contribution in [3.63, 3.8) is 0 Å². The van der Waals surface area contributed by atoms with Gasteiger partial charge in [-0.25, -0.2) is 8.42 Å². The van der Waals surface area contributed by atoms with Gasteiger partial charge in [0.2, 0.25) is 10.0 Å². The standard InChI is InChI=1S/C21H27N3O3S/c1-15-11-19-12-18(9-10-20(19)24(15)28(4,26)27)21(25)22-13-16-5-7-17(8-6-16)14-23(2)3/h5-10,12,15H,11,13-14H2,1-4H3,(H,22,25). The quantitative estimate of drug-likeness (QED) is 0.807. The number of sulfonamides is 1. The number of hydrogen-bond acceptors (Lipinski definition) is 4. The van der Waals surface area contributed by atoms with Crippen LogP contribution in [-0.4, -0.2) is 45.6 Å². The summed E-state index contributed by atoms with van der Waals surface area (Å²) in [5.74, 6) is -0.161. The van der Waals surface area contributed by atoms with Crippen molar-refractivity contribution in [2.24, 2.45) is 0 Å². The van der Waals surface area contributed by atoms with E-state index >= 15 is 0 Å². The maximum atomic E-state index is 12.5. The molecule has 0 spiro atoms. The van der Waals surface area contributed by atoms with E-state index in [4.69, 9.17) is 0 Å². The number of rotatable bonds is 6. The summed E-state index contributed by atoms with van der Waals surface area (Å²) in [7, 11) is 0.731. The molecule has 0 aromatic heterocycles. The van der Waals surface area contributed by atoms with Gasteiger partial charge in [-0.15, -0.1) is 0 Å². The van der Waals surface area contributed by atoms with Crippen LogP contribution in [0.2, 0.25) is 0 Å². The molecular weight excluding hydrogens is 374 g/mol. The van der Waals surface area contributed by atoms with Crippen LogP contribution in [0, 0.1) is 0 Å². The molecule has 3 rings (SSSR count). The van der Waals surface area contributed by atoms with Crippen molar-refractivity contribution in [3.8, 4) is 0 Å². The zero-order valence-corrected chi connectivity index (χ0v) is 17.6. The minimum Gasteiger partial charge on any atom is -0.348 e. The fraction of sp³-hybridized carbons (Fsp3) is 0.381. The minimum absolute atomic E-state index is 0.135. The second-order valence-corrected chi connectivity index (χ2v) is 9.55. The Kier molecular flexibility index (Phi) is 5.76. The number of carbonyl (C=O) groups is 1. The molecule has 0 radical (unpaired) electrons. The lowest BCUT2D eigenvalue weighted by Gasteiger charge is -2.21. The average Bonchev–Trinajstić information content (AvgIpc) is 2.95. The summed E-state index contributed by atoms with van der Waals surface area (Å²) in [5, 5.41) is 2.94. The van der Waals surface area contributed by atoms with E-state index in [-0.39, 0.29) is 11.9 Å². The third-order valence-corrected chi connectivity index (χ3v) is 6.10. The van der Waals surface area contributed by atoms with Crippen LogP contribution in [0.25, 0.3) is 0 Å². The SMILES string of the molecule is CC1Cc2cc(C(=O)NCc3ccc(CN(C)C)cc3)ccc2N1S(C)(=O)=O. The molecule has 0 saturated heterocycles. The van der Waals surface area contributed by atoms with Crippen LogP contribution in [0.3, 0.4) is 0 Å². The summed E-state index contributed by atoms with van der Waals surface area (Å²) < 4.78 is 25.5. The molecule has 0 aliphatic carbocycles. The fourth-order valence-corrected chi connectivity index (χ4v) is 4.93. The van der Waals surface area contributed by atoms with Gasteiger partial charge in [-0.1, -0.05) is 24.3 Å². The van der Waals surface area contributed by atoms with E-state index in [0.717, 1.165) is 17.7 Å². The Hall–Kier alpha value is -2.38. The van der Waals surface area contributed by atoms with Crippen molar-refractivity contribution in [1.82, 2.24) is 10.2 Å². The number of fused-ring (bicyclic) bond motifs is 1. The normalized spacial score (nSPS) is 16.3. The molecule has 2 aromatic carbocycles. The zero-order chi connectivity index (χ0) is 20.5. The number of hydrogen-bond donors (Lipinski definition) is 1. The number of nitrogens with zero attached hydrogens (tertiary/aromatic N) is 2. The molecule has 1 amide bonds. The smallest absolute Gasteiger partial charge is 0.251 e. The molecule has 28 heavy (non-hydrogen) atoms. The molecule has 6 nitrogen and oxygen atoms in total. The molecule has 0 saturated carbocycles. The van der Waals surface area contributed by atoms with Crippen LogP contribution in [0.15, 0.2) is 42.5 Å². The molecule has 1 N–H and O–H groups in total. The van der Waals surface area contributed by atoms with Crippen molar-refractivity contribution < 1.29 is 13.2 Å². The summed E-state index contributed by atoms with van der Waals surface area (Å²) in [6.07, 6.45) is 1.82. The molecule has 2 aromatic rings. The van der Waals surface area contributed by atoms with E-state index in [1.807, 2.05) is 33.2 Å². The Balaban J connectivity index is 1.67. The van der Waals surface area contributed by atoms with E-state index < -0.39 is 10.0 Å². The first-order valence-electron chi connectivity index (χ1n) is 9.28. The number of nitrogens with one attached hydrogen (secondary N) is 1. The van der Waals surface area contributed by atoms with Gasteiger partial charge < -0.3 is 10.2 Å². The highest BCUT2D eigenvalue weighted by atomic mass is 32.2. The van der Waals surface area contributed by atoms with Crippen LogP contribution < -0.4 is 9.62 Å². The molecule has 1 aliphatic heterocycles. The average molecular weight is 402 g/mol. The summed E-state index contributed by atoms with van der Waals surface area (Å²) >= 11 is 0. The molecule has 1 heterocycles. The van der Waals surface area contributed by atoms with Crippen molar-refractivity contribution in [2.45, 2.75) is 32.5 Å². The van der Waals surface area contributed by atoms with Crippen LogP contribution in [0.5, 0.6) is 0 Å². The fourth-order valence-electron chi connectivity index (χ4n) is 3.66. The molecule has 1 unspecified atom stereocenters. The van der Waals surface area contributed by atoms with Gasteiger partial charge in [-0.05, 0) is 62.3 Å². The van der Waals surface area contributed by atoms with Gasteiger partial charge in [0.1, 0.15) is 0 Å². The Labute approximate surface area is 167 Å². The van der Waals surface area contributed by atoms with Gasteiger partial charge in [-0.2, -0.15) is 0 Å². The second kappa shape index (κ2) is 7.93. The first-order valence-corrected chi connectivity index (χ1v) is 11.1. The molecule has 1 aliphatic rings. The molecule has 7 heteroatoms. The van der Waals surface area contributed by atoms with Crippen molar-refractivity contribution in [1.29, 1.82) is 0 Å². The summed E-state index contributed by atoms with van der Waals surface area (Å²) in [6.45, 7) is 3.20. The third kappa shape index (κ3) is 4.54. The van der Waals surface area contributed by atoms with E-state index in [1.54, 1.807) is 18.2 Å². The topological polar surface area (TPSA) is 69.7 Å². The number of anilines is 1. The van der Waals surface area contributed by atoms with Gasteiger partial charge >= 0.3 is 0 Å². The van der Waals surface area contributed by atoms with Crippen molar-refractivity contribution in [2.75, 3.05) is 24.7 Å². The third-order valence-electron chi connectivity index (χ3n) is 4.83. The number of amides is 1. The highest BCUT2D eigenvalue weighted by Crippen LogP contribution is 2.34. The lowest BCUT2D eigenvalue weighted by atomic mass is 10.1. The maximum Gasteiger partial charge on any atom is 0.251 e. The molecule has 0 bridgehead atoms. The van der Waals surface area contributed by atoms with E-state index in [0.29, 0.717) is 24.2 Å². The van der Waals surface area contributed by atoms with Crippen LogP contribution in [-0.2, 0) is 29.5 Å². The van der Waals surface area contributed by atoms with Gasteiger partial charge in [0.05, 0.1) is 11.9 Å². The highest BCUT2D eigenvalue weighted by Gasteiger charge is 2.32. The summed E-state index contributed by atoms with van der Waals surface area (Å²) in [5.41, 5.74) is 4.37. The zero-order valence-electron chi connectivity index (χ0n) is 16.8. The molecule has 1 atom stereocenters. The first kappa shape index (κ1) is 20.4. The van der Waals surface area contributed by atoms with Crippen molar-refractivity contribution in [3.05, 3.63) is 64.7 Å². The van der Waals surface area contributed by atoms with Crippen molar-refractivity contribution >= 4 is 21.6 Å². The summed E-state index contributed by atoms with van der Waals surface area (Å²) in [4.78, 5) is 14.6. The highest BCUT2D eigenvalue weighted by molar-refractivity contribution is 7.92. The lowest BCUT2D eigenvalue weighted by Crippen LogP contribution is -2.34. The maximum absolute atomic E-state index is 12.5. The largest absolute Gasteiger partial charge is 0.348 e. The van der Waals surface area contributed by atoms with Crippen LogP contribution >= 0.6 is 0 Å². The Bertz CT molecular complexity index is 969. The van der Waals surface area contributed by atoms with Gasteiger partial charge in [-0.3, -0.25) is 9.10 Å². The van der Waals surface area contributed by atoms with Gasteiger partial charge in [0, 0.05) is 24.7 Å². The second-order valence-electron chi connectivity index (χ2n) is 7.69. The van der Waals surface area contributed by atoms with Gasteiger partial charge in [0.15, 0.2) is 0 Å². The van der Waals surface area contributed by atoms with Crippen LogP contribution in [0.4, 0.5) is 5.69 Å². The number of benzene rings is 2.